The van der Waals surface area contributed by atoms with E-state index < -0.39 is 15.8 Å². The minimum Gasteiger partial charge on any atom is -0.332 e. The lowest BCUT2D eigenvalue weighted by Crippen LogP contribution is -2.15. The van der Waals surface area contributed by atoms with Gasteiger partial charge < -0.3 is 10.7 Å². The van der Waals surface area contributed by atoms with Gasteiger partial charge in [0, 0.05) is 13.0 Å². The van der Waals surface area contributed by atoms with Crippen molar-refractivity contribution >= 4 is 15.7 Å². The van der Waals surface area contributed by atoms with Gasteiger partial charge >= 0.3 is 0 Å². The lowest BCUT2D eigenvalue weighted by Gasteiger charge is -2.10. The zero-order valence-corrected chi connectivity index (χ0v) is 11.7. The molecule has 0 aliphatic rings. The summed E-state index contributed by atoms with van der Waals surface area (Å²) in [7, 11) is -3.79. The monoisotopic (exact) mass is 298 g/mol. The Bertz CT molecular complexity index is 712. The maximum absolute atomic E-state index is 13.1. The average Bonchev–Trinajstić information content (AvgIpc) is 2.90. The van der Waals surface area contributed by atoms with Gasteiger partial charge in [0.2, 0.25) is 0 Å². The normalized spacial score (nSPS) is 11.6. The molecule has 0 amide bonds. The summed E-state index contributed by atoms with van der Waals surface area (Å²) in [6, 6.07) is 3.70. The number of benzene rings is 1. The molecule has 2 aromatic rings. The largest absolute Gasteiger partial charge is 0.332 e. The van der Waals surface area contributed by atoms with E-state index >= 15 is 0 Å². The Hall–Kier alpha value is -1.93. The summed E-state index contributed by atoms with van der Waals surface area (Å²) >= 11 is 0. The molecule has 0 fully saturated rings. The maximum atomic E-state index is 13.1. The molecular formula is C12H15FN4O2S. The Morgan fingerprint density at radius 2 is 2.20 bits per heavy atom. The minimum atomic E-state index is -3.79. The molecule has 1 aromatic carbocycles. The quantitative estimate of drug-likeness (QED) is 0.776. The summed E-state index contributed by atoms with van der Waals surface area (Å²) < 4.78 is 39.8. The molecule has 6 nitrogen and oxygen atoms in total. The van der Waals surface area contributed by atoms with Crippen LogP contribution in [0, 0.1) is 5.82 Å². The highest BCUT2D eigenvalue weighted by Gasteiger charge is 2.18. The number of aryl methyl sites for hydroxylation is 1. The minimum absolute atomic E-state index is 0.0266. The van der Waals surface area contributed by atoms with Crippen LogP contribution >= 0.6 is 0 Å². The summed E-state index contributed by atoms with van der Waals surface area (Å²) in [5, 5.41) is -0.0401. The standard InChI is InChI=1S/C12H15FN4O2S/c1-2-11-15-7-12(16-11)20(18,19)17-10-4-3-9(13)5-8(10)6-14/h3-5,7,17H,2,6,14H2,1H3,(H,15,16). The fourth-order valence-corrected chi connectivity index (χ4v) is 2.73. The van der Waals surface area contributed by atoms with E-state index in [9.17, 15) is 12.8 Å². The van der Waals surface area contributed by atoms with Crippen LogP contribution in [0.15, 0.2) is 29.4 Å². The predicted molar refractivity (Wildman–Crippen MR) is 73.1 cm³/mol. The van der Waals surface area contributed by atoms with Crippen molar-refractivity contribution in [2.45, 2.75) is 24.9 Å². The van der Waals surface area contributed by atoms with Crippen LogP contribution in [0.3, 0.4) is 0 Å². The second kappa shape index (κ2) is 5.59. The molecular weight excluding hydrogens is 283 g/mol. The van der Waals surface area contributed by atoms with Gasteiger partial charge in [0.1, 0.15) is 11.6 Å². The van der Waals surface area contributed by atoms with Gasteiger partial charge in [-0.2, -0.15) is 8.42 Å². The first-order valence-corrected chi connectivity index (χ1v) is 7.49. The van der Waals surface area contributed by atoms with E-state index in [4.69, 9.17) is 5.73 Å². The van der Waals surface area contributed by atoms with Crippen molar-refractivity contribution in [1.82, 2.24) is 9.97 Å². The highest BCUT2D eigenvalue weighted by atomic mass is 32.2. The summed E-state index contributed by atoms with van der Waals surface area (Å²) in [5.74, 6) is 0.103. The third-order valence-electron chi connectivity index (χ3n) is 2.76. The molecule has 0 spiro atoms. The number of imidazole rings is 1. The molecule has 4 N–H and O–H groups in total. The number of anilines is 1. The smallest absolute Gasteiger partial charge is 0.278 e. The number of halogens is 1. The SMILES string of the molecule is CCc1ncc(S(=O)(=O)Nc2ccc(F)cc2CN)[nH]1. The van der Waals surface area contributed by atoms with Gasteiger partial charge in [0.05, 0.1) is 11.9 Å². The molecule has 2 rings (SSSR count). The molecule has 0 saturated heterocycles. The number of aromatic nitrogens is 2. The van der Waals surface area contributed by atoms with E-state index in [0.29, 0.717) is 17.8 Å². The number of hydrogen-bond donors (Lipinski definition) is 3. The second-order valence-electron chi connectivity index (χ2n) is 4.16. The molecule has 0 saturated carbocycles. The van der Waals surface area contributed by atoms with Crippen LogP contribution in [0.2, 0.25) is 0 Å². The van der Waals surface area contributed by atoms with E-state index in [1.165, 1.54) is 24.4 Å². The number of sulfonamides is 1. The van der Waals surface area contributed by atoms with Crippen molar-refractivity contribution in [1.29, 1.82) is 0 Å². The molecule has 0 bridgehead atoms. The van der Waals surface area contributed by atoms with E-state index in [2.05, 4.69) is 14.7 Å². The van der Waals surface area contributed by atoms with E-state index in [1.54, 1.807) is 0 Å². The number of nitrogens with one attached hydrogen (secondary N) is 2. The summed E-state index contributed by atoms with van der Waals surface area (Å²) in [6.45, 7) is 1.88. The summed E-state index contributed by atoms with van der Waals surface area (Å²) in [5.41, 5.74) is 6.11. The molecule has 0 unspecified atom stereocenters. The lowest BCUT2D eigenvalue weighted by atomic mass is 10.2. The van der Waals surface area contributed by atoms with Crippen LogP contribution in [0.4, 0.5) is 10.1 Å². The highest BCUT2D eigenvalue weighted by molar-refractivity contribution is 7.92. The van der Waals surface area contributed by atoms with Crippen molar-refractivity contribution in [3.8, 4) is 0 Å². The van der Waals surface area contributed by atoms with Crippen LogP contribution in [0.5, 0.6) is 0 Å². The van der Waals surface area contributed by atoms with Crippen LogP contribution in [0.25, 0.3) is 0 Å². The van der Waals surface area contributed by atoms with Gasteiger partial charge in [0.25, 0.3) is 10.0 Å². The van der Waals surface area contributed by atoms with Crippen LogP contribution in [0.1, 0.15) is 18.3 Å². The summed E-state index contributed by atoms with van der Waals surface area (Å²) in [6.07, 6.45) is 1.84. The zero-order valence-electron chi connectivity index (χ0n) is 10.9. The number of hydrogen-bond acceptors (Lipinski definition) is 4. The molecule has 0 aliphatic carbocycles. The first-order chi connectivity index (χ1) is 9.46. The third kappa shape index (κ3) is 2.97. The topological polar surface area (TPSA) is 101 Å². The van der Waals surface area contributed by atoms with Gasteiger partial charge in [-0.1, -0.05) is 6.92 Å². The molecule has 20 heavy (non-hydrogen) atoms. The predicted octanol–water partition coefficient (Wildman–Crippen LogP) is 1.37. The molecule has 1 heterocycles. The number of nitrogens with two attached hydrogens (primary N) is 1. The molecule has 0 radical (unpaired) electrons. The van der Waals surface area contributed by atoms with Gasteiger partial charge in [-0.15, -0.1) is 0 Å². The Morgan fingerprint density at radius 1 is 1.45 bits per heavy atom. The Kier molecular flexibility index (Phi) is 4.05. The fourth-order valence-electron chi connectivity index (χ4n) is 1.69. The number of rotatable bonds is 5. The fraction of sp³-hybridized carbons (Fsp3) is 0.250. The van der Waals surface area contributed by atoms with Crippen molar-refractivity contribution in [3.05, 3.63) is 41.6 Å². The average molecular weight is 298 g/mol. The molecule has 108 valence electrons. The lowest BCUT2D eigenvalue weighted by molar-refractivity contribution is 0.597. The first-order valence-electron chi connectivity index (χ1n) is 6.01. The number of nitrogens with zero attached hydrogens (tertiary/aromatic N) is 1. The van der Waals surface area contributed by atoms with Crippen molar-refractivity contribution < 1.29 is 12.8 Å². The van der Waals surface area contributed by atoms with E-state index in [-0.39, 0.29) is 17.3 Å². The summed E-state index contributed by atoms with van der Waals surface area (Å²) in [4.78, 5) is 6.65. The molecule has 0 atom stereocenters. The van der Waals surface area contributed by atoms with Crippen LogP contribution in [-0.2, 0) is 23.0 Å². The van der Waals surface area contributed by atoms with Gasteiger partial charge in [-0.05, 0) is 23.8 Å². The van der Waals surface area contributed by atoms with Crippen molar-refractivity contribution in [2.24, 2.45) is 5.73 Å². The Labute approximate surface area is 116 Å². The highest BCUT2D eigenvalue weighted by Crippen LogP contribution is 2.20. The first kappa shape index (κ1) is 14.5. The van der Waals surface area contributed by atoms with E-state index in [0.717, 1.165) is 0 Å². The van der Waals surface area contributed by atoms with Crippen molar-refractivity contribution in [3.63, 3.8) is 0 Å². The molecule has 8 heteroatoms. The zero-order chi connectivity index (χ0) is 14.8. The molecule has 1 aromatic heterocycles. The third-order valence-corrected chi connectivity index (χ3v) is 4.04. The Morgan fingerprint density at radius 3 is 2.80 bits per heavy atom. The number of H-pyrrole nitrogens is 1. The number of aromatic amines is 1. The second-order valence-corrected chi connectivity index (χ2v) is 5.81. The van der Waals surface area contributed by atoms with Crippen LogP contribution in [-0.4, -0.2) is 18.4 Å². The van der Waals surface area contributed by atoms with Gasteiger partial charge in [-0.3, -0.25) is 4.72 Å². The van der Waals surface area contributed by atoms with Crippen LogP contribution < -0.4 is 10.5 Å². The molecule has 0 aliphatic heterocycles. The van der Waals surface area contributed by atoms with Crippen molar-refractivity contribution in [2.75, 3.05) is 4.72 Å². The Balaban J connectivity index is 2.33. The maximum Gasteiger partial charge on any atom is 0.278 e. The van der Waals surface area contributed by atoms with E-state index in [1.807, 2.05) is 6.92 Å². The van der Waals surface area contributed by atoms with Gasteiger partial charge in [0.15, 0.2) is 5.03 Å². The van der Waals surface area contributed by atoms with Gasteiger partial charge in [-0.25, -0.2) is 9.37 Å².